The molecule has 2 aromatic rings. The van der Waals surface area contributed by atoms with Crippen molar-refractivity contribution in [2.75, 3.05) is 0 Å². The first-order valence-corrected chi connectivity index (χ1v) is 4.58. The molecule has 1 aromatic carbocycles. The maximum Gasteiger partial charge on any atom is 0.219 e. The van der Waals surface area contributed by atoms with Gasteiger partial charge in [0.2, 0.25) is 5.88 Å². The summed E-state index contributed by atoms with van der Waals surface area (Å²) in [5.41, 5.74) is 0.270. The van der Waals surface area contributed by atoms with Crippen LogP contribution in [0.1, 0.15) is 5.56 Å². The van der Waals surface area contributed by atoms with Crippen molar-refractivity contribution in [2.45, 2.75) is 0 Å². The lowest BCUT2D eigenvalue weighted by molar-refractivity contribution is 0.456. The number of nitriles is 1. The van der Waals surface area contributed by atoms with Crippen molar-refractivity contribution in [3.8, 4) is 17.7 Å². The Bertz CT molecular complexity index is 534. The van der Waals surface area contributed by atoms with Crippen LogP contribution in [0.5, 0.6) is 11.6 Å². The maximum atomic E-state index is 13.0. The Labute approximate surface area is 91.7 Å². The predicted octanol–water partition coefficient (Wildman–Crippen LogP) is 2.88. The Kier molecular flexibility index (Phi) is 2.79. The summed E-state index contributed by atoms with van der Waals surface area (Å²) in [6.07, 6.45) is 1.56. The standard InChI is InChI=1S/C12H7FN2O/c13-10-5-4-9(8-14)11(7-10)16-12-3-1-2-6-15-12/h1-7H. The number of halogens is 1. The van der Waals surface area contributed by atoms with E-state index in [2.05, 4.69) is 4.98 Å². The topological polar surface area (TPSA) is 45.9 Å². The van der Waals surface area contributed by atoms with Gasteiger partial charge in [0.1, 0.15) is 17.6 Å². The summed E-state index contributed by atoms with van der Waals surface area (Å²) in [5.74, 6) is 0.0377. The van der Waals surface area contributed by atoms with Gasteiger partial charge in [0.25, 0.3) is 0 Å². The van der Waals surface area contributed by atoms with Crippen molar-refractivity contribution in [2.24, 2.45) is 0 Å². The van der Waals surface area contributed by atoms with E-state index in [1.54, 1.807) is 24.4 Å². The fraction of sp³-hybridized carbons (Fsp3) is 0. The van der Waals surface area contributed by atoms with Crippen molar-refractivity contribution in [1.82, 2.24) is 4.98 Å². The van der Waals surface area contributed by atoms with E-state index in [4.69, 9.17) is 10.00 Å². The molecule has 78 valence electrons. The summed E-state index contributed by atoms with van der Waals surface area (Å²) < 4.78 is 18.3. The van der Waals surface area contributed by atoms with Crippen molar-refractivity contribution >= 4 is 0 Å². The van der Waals surface area contributed by atoms with E-state index in [1.807, 2.05) is 6.07 Å². The van der Waals surface area contributed by atoms with Crippen LogP contribution in [0.2, 0.25) is 0 Å². The number of aromatic nitrogens is 1. The summed E-state index contributed by atoms with van der Waals surface area (Å²) in [6, 6.07) is 10.8. The molecule has 0 atom stereocenters. The van der Waals surface area contributed by atoms with Crippen LogP contribution in [-0.2, 0) is 0 Å². The van der Waals surface area contributed by atoms with Crippen molar-refractivity contribution < 1.29 is 9.13 Å². The first-order valence-electron chi connectivity index (χ1n) is 4.58. The van der Waals surface area contributed by atoms with Crippen LogP contribution in [0, 0.1) is 17.1 Å². The molecule has 0 aliphatic heterocycles. The van der Waals surface area contributed by atoms with Crippen LogP contribution < -0.4 is 4.74 Å². The lowest BCUT2D eigenvalue weighted by atomic mass is 10.2. The number of pyridine rings is 1. The average molecular weight is 214 g/mol. The van der Waals surface area contributed by atoms with E-state index in [1.165, 1.54) is 12.1 Å². The first kappa shape index (κ1) is 10.1. The van der Waals surface area contributed by atoms with Crippen LogP contribution in [0.3, 0.4) is 0 Å². The molecule has 4 heteroatoms. The number of hydrogen-bond acceptors (Lipinski definition) is 3. The highest BCUT2D eigenvalue weighted by Gasteiger charge is 2.06. The fourth-order valence-electron chi connectivity index (χ4n) is 1.19. The SMILES string of the molecule is N#Cc1ccc(F)cc1Oc1ccccn1. The number of benzene rings is 1. The number of nitrogens with zero attached hydrogens (tertiary/aromatic N) is 2. The van der Waals surface area contributed by atoms with Gasteiger partial charge in [-0.15, -0.1) is 0 Å². The van der Waals surface area contributed by atoms with Crippen molar-refractivity contribution in [3.63, 3.8) is 0 Å². The molecule has 0 fully saturated rings. The van der Waals surface area contributed by atoms with Gasteiger partial charge in [0.05, 0.1) is 5.56 Å². The number of rotatable bonds is 2. The normalized spacial score (nSPS) is 9.50. The average Bonchev–Trinajstić information content (AvgIpc) is 2.31. The molecule has 0 N–H and O–H groups in total. The van der Waals surface area contributed by atoms with Crippen LogP contribution in [-0.4, -0.2) is 4.98 Å². The number of ether oxygens (including phenoxy) is 1. The maximum absolute atomic E-state index is 13.0. The molecule has 0 aliphatic carbocycles. The monoisotopic (exact) mass is 214 g/mol. The van der Waals surface area contributed by atoms with E-state index in [0.29, 0.717) is 5.88 Å². The zero-order valence-electron chi connectivity index (χ0n) is 8.22. The van der Waals surface area contributed by atoms with Gasteiger partial charge in [-0.25, -0.2) is 9.37 Å². The Morgan fingerprint density at radius 1 is 1.25 bits per heavy atom. The van der Waals surface area contributed by atoms with Crippen LogP contribution >= 0.6 is 0 Å². The minimum Gasteiger partial charge on any atom is -0.438 e. The van der Waals surface area contributed by atoms with Crippen molar-refractivity contribution in [3.05, 3.63) is 54.0 Å². The van der Waals surface area contributed by atoms with Crippen LogP contribution in [0.25, 0.3) is 0 Å². The van der Waals surface area contributed by atoms with Gasteiger partial charge < -0.3 is 4.74 Å². The van der Waals surface area contributed by atoms with E-state index >= 15 is 0 Å². The van der Waals surface area contributed by atoms with Crippen LogP contribution in [0.15, 0.2) is 42.6 Å². The molecule has 0 saturated carbocycles. The molecule has 3 nitrogen and oxygen atoms in total. The van der Waals surface area contributed by atoms with Crippen molar-refractivity contribution in [1.29, 1.82) is 5.26 Å². The second-order valence-corrected chi connectivity index (χ2v) is 3.02. The quantitative estimate of drug-likeness (QED) is 0.772. The molecule has 0 aliphatic rings. The van der Waals surface area contributed by atoms with E-state index in [0.717, 1.165) is 6.07 Å². The lowest BCUT2D eigenvalue weighted by Gasteiger charge is -2.05. The molecule has 0 bridgehead atoms. The van der Waals surface area contributed by atoms with Crippen LogP contribution in [0.4, 0.5) is 4.39 Å². The fourth-order valence-corrected chi connectivity index (χ4v) is 1.19. The highest BCUT2D eigenvalue weighted by molar-refractivity contribution is 5.44. The Morgan fingerprint density at radius 3 is 2.81 bits per heavy atom. The Hall–Kier alpha value is -2.41. The van der Waals surface area contributed by atoms with Gasteiger partial charge in [-0.1, -0.05) is 6.07 Å². The van der Waals surface area contributed by atoms with Gasteiger partial charge in [0, 0.05) is 18.3 Å². The molecule has 0 unspecified atom stereocenters. The summed E-state index contributed by atoms with van der Waals surface area (Å²) in [7, 11) is 0. The lowest BCUT2D eigenvalue weighted by Crippen LogP contribution is -1.91. The summed E-state index contributed by atoms with van der Waals surface area (Å²) >= 11 is 0. The molecular formula is C12H7FN2O. The third kappa shape index (κ3) is 2.15. The zero-order chi connectivity index (χ0) is 11.4. The van der Waals surface area contributed by atoms with E-state index in [9.17, 15) is 4.39 Å². The van der Waals surface area contributed by atoms with Gasteiger partial charge in [-0.05, 0) is 18.2 Å². The van der Waals surface area contributed by atoms with E-state index in [-0.39, 0.29) is 11.3 Å². The third-order valence-electron chi connectivity index (χ3n) is 1.92. The molecule has 16 heavy (non-hydrogen) atoms. The Balaban J connectivity index is 2.35. The second-order valence-electron chi connectivity index (χ2n) is 3.02. The highest BCUT2D eigenvalue weighted by Crippen LogP contribution is 2.24. The largest absolute Gasteiger partial charge is 0.438 e. The minimum absolute atomic E-state index is 0.168. The first-order chi connectivity index (χ1) is 7.79. The minimum atomic E-state index is -0.454. The third-order valence-corrected chi connectivity index (χ3v) is 1.92. The highest BCUT2D eigenvalue weighted by atomic mass is 19.1. The molecule has 0 radical (unpaired) electrons. The Morgan fingerprint density at radius 2 is 2.12 bits per heavy atom. The molecule has 0 amide bonds. The van der Waals surface area contributed by atoms with Gasteiger partial charge in [-0.2, -0.15) is 5.26 Å². The second kappa shape index (κ2) is 4.41. The van der Waals surface area contributed by atoms with E-state index < -0.39 is 5.82 Å². The molecule has 0 saturated heterocycles. The van der Waals surface area contributed by atoms with Gasteiger partial charge >= 0.3 is 0 Å². The molecule has 0 spiro atoms. The molecular weight excluding hydrogens is 207 g/mol. The summed E-state index contributed by atoms with van der Waals surface area (Å²) in [5, 5.41) is 8.81. The smallest absolute Gasteiger partial charge is 0.219 e. The number of hydrogen-bond donors (Lipinski definition) is 0. The van der Waals surface area contributed by atoms with Gasteiger partial charge in [0.15, 0.2) is 0 Å². The zero-order valence-corrected chi connectivity index (χ0v) is 8.22. The molecule has 2 rings (SSSR count). The molecule has 1 heterocycles. The van der Waals surface area contributed by atoms with Gasteiger partial charge in [-0.3, -0.25) is 0 Å². The summed E-state index contributed by atoms with van der Waals surface area (Å²) in [4.78, 5) is 3.93. The predicted molar refractivity (Wildman–Crippen MR) is 55.4 cm³/mol. The molecule has 1 aromatic heterocycles. The summed E-state index contributed by atoms with van der Waals surface area (Å²) in [6.45, 7) is 0.